The van der Waals surface area contributed by atoms with Crippen molar-refractivity contribution in [3.63, 3.8) is 0 Å². The minimum absolute atomic E-state index is 0.186. The maximum atomic E-state index is 13.6. The molecule has 0 fully saturated rings. The van der Waals surface area contributed by atoms with Gasteiger partial charge < -0.3 is 10.1 Å². The van der Waals surface area contributed by atoms with Crippen LogP contribution in [0, 0.1) is 13.8 Å². The monoisotopic (exact) mass is 476 g/mol. The molecule has 0 aliphatic heterocycles. The zero-order chi connectivity index (χ0) is 23.6. The van der Waals surface area contributed by atoms with Crippen molar-refractivity contribution in [2.24, 2.45) is 0 Å². The van der Waals surface area contributed by atoms with E-state index < -0.39 is 6.04 Å². The molecule has 0 bridgehead atoms. The molecule has 1 atom stereocenters. The first-order valence-electron chi connectivity index (χ1n) is 10.6. The van der Waals surface area contributed by atoms with Gasteiger partial charge in [0, 0.05) is 10.6 Å². The number of amides is 1. The fourth-order valence-electron chi connectivity index (χ4n) is 3.61. The lowest BCUT2D eigenvalue weighted by Crippen LogP contribution is -2.37. The van der Waals surface area contributed by atoms with Gasteiger partial charge in [-0.25, -0.2) is 4.98 Å². The van der Waals surface area contributed by atoms with Crippen LogP contribution >= 0.6 is 22.9 Å². The van der Waals surface area contributed by atoms with Gasteiger partial charge >= 0.3 is 0 Å². The van der Waals surface area contributed by atoms with Gasteiger partial charge in [0.15, 0.2) is 0 Å². The van der Waals surface area contributed by atoms with E-state index in [2.05, 4.69) is 24.1 Å². The summed E-state index contributed by atoms with van der Waals surface area (Å²) >= 11 is 7.70. The molecule has 0 saturated heterocycles. The smallest absolute Gasteiger partial charge is 0.263 e. The lowest BCUT2D eigenvalue weighted by molar-refractivity contribution is -0.119. The van der Waals surface area contributed by atoms with Crippen molar-refractivity contribution >= 4 is 44.7 Å². The maximum Gasteiger partial charge on any atom is 0.263 e. The second-order valence-corrected chi connectivity index (χ2v) is 9.25. The van der Waals surface area contributed by atoms with Gasteiger partial charge in [0.1, 0.15) is 22.4 Å². The highest BCUT2D eigenvalue weighted by atomic mass is 35.5. The van der Waals surface area contributed by atoms with E-state index in [0.29, 0.717) is 34.2 Å². The number of ether oxygens (including phenoxy) is 1. The summed E-state index contributed by atoms with van der Waals surface area (Å²) in [6.07, 6.45) is 0. The largest absolute Gasteiger partial charge is 0.495 e. The summed E-state index contributed by atoms with van der Waals surface area (Å²) < 4.78 is 6.69. The normalized spacial score (nSPS) is 12.4. The van der Waals surface area contributed by atoms with Crippen molar-refractivity contribution in [3.8, 4) is 5.75 Å². The van der Waals surface area contributed by atoms with Crippen LogP contribution in [0.2, 0.25) is 5.02 Å². The number of fused-ring (bicyclic) bond motifs is 1. The summed E-state index contributed by atoms with van der Waals surface area (Å²) in [5.74, 6) is 0.788. The number of anilines is 1. The van der Waals surface area contributed by atoms with Crippen LogP contribution in [0.1, 0.15) is 43.1 Å². The predicted molar refractivity (Wildman–Crippen MR) is 131 cm³/mol. The van der Waals surface area contributed by atoms with Crippen molar-refractivity contribution in [2.45, 2.75) is 47.2 Å². The Morgan fingerprint density at radius 2 is 2.00 bits per heavy atom. The van der Waals surface area contributed by atoms with Crippen LogP contribution < -0.4 is 15.6 Å². The zero-order valence-electron chi connectivity index (χ0n) is 19.3. The number of hydrogen-bond acceptors (Lipinski definition) is 6. The van der Waals surface area contributed by atoms with Gasteiger partial charge in [0.05, 0.1) is 24.1 Å². The fraction of sp³-hybridized carbons (Fsp3) is 0.435. The number of aryl methyl sites for hydroxylation is 2. The number of methoxy groups -OCH3 is 1. The number of benzene rings is 1. The SMILES string of the molecule is CCN(CC)Cc1nc2sc(C)c(C)c2c(=O)n1C(C)C(=O)Nc1ccc(OC)c(Cl)c1. The molecule has 0 spiro atoms. The van der Waals surface area contributed by atoms with Crippen molar-refractivity contribution in [3.05, 3.63) is 49.8 Å². The highest BCUT2D eigenvalue weighted by Crippen LogP contribution is 2.29. The number of rotatable bonds is 8. The Labute approximate surface area is 197 Å². The summed E-state index contributed by atoms with van der Waals surface area (Å²) in [7, 11) is 1.53. The molecule has 7 nitrogen and oxygen atoms in total. The molecule has 3 aromatic rings. The molecule has 1 amide bonds. The van der Waals surface area contributed by atoms with Crippen molar-refractivity contribution in [1.29, 1.82) is 0 Å². The van der Waals surface area contributed by atoms with Crippen molar-refractivity contribution in [2.75, 3.05) is 25.5 Å². The molecule has 172 valence electrons. The third kappa shape index (κ3) is 4.67. The molecule has 2 heterocycles. The first kappa shape index (κ1) is 24.2. The van der Waals surface area contributed by atoms with Crippen molar-refractivity contribution in [1.82, 2.24) is 14.5 Å². The van der Waals surface area contributed by atoms with Gasteiger partial charge in [-0.15, -0.1) is 11.3 Å². The third-order valence-corrected chi connectivity index (χ3v) is 7.15. The molecule has 0 aliphatic carbocycles. The van der Waals surface area contributed by atoms with Gasteiger partial charge in [0.2, 0.25) is 5.91 Å². The number of nitrogens with zero attached hydrogens (tertiary/aromatic N) is 3. The minimum Gasteiger partial charge on any atom is -0.495 e. The lowest BCUT2D eigenvalue weighted by atomic mass is 10.2. The van der Waals surface area contributed by atoms with E-state index in [1.54, 1.807) is 25.1 Å². The van der Waals surface area contributed by atoms with Gasteiger partial charge in [-0.3, -0.25) is 19.1 Å². The van der Waals surface area contributed by atoms with E-state index in [1.165, 1.54) is 23.0 Å². The minimum atomic E-state index is -0.759. The summed E-state index contributed by atoms with van der Waals surface area (Å²) in [5.41, 5.74) is 1.26. The number of thiophene rings is 1. The predicted octanol–water partition coefficient (Wildman–Crippen LogP) is 4.78. The van der Waals surface area contributed by atoms with Gasteiger partial charge in [-0.2, -0.15) is 0 Å². The van der Waals surface area contributed by atoms with E-state index in [9.17, 15) is 9.59 Å². The Morgan fingerprint density at radius 1 is 1.31 bits per heavy atom. The maximum absolute atomic E-state index is 13.6. The Hall–Kier alpha value is -2.42. The topological polar surface area (TPSA) is 76.5 Å². The van der Waals surface area contributed by atoms with Gasteiger partial charge in [-0.05, 0) is 57.6 Å². The zero-order valence-corrected chi connectivity index (χ0v) is 20.9. The van der Waals surface area contributed by atoms with E-state index in [1.807, 2.05) is 13.8 Å². The molecule has 1 unspecified atom stereocenters. The van der Waals surface area contributed by atoms with E-state index in [-0.39, 0.29) is 11.5 Å². The van der Waals surface area contributed by atoms with Crippen LogP contribution in [-0.2, 0) is 11.3 Å². The molecular weight excluding hydrogens is 448 g/mol. The molecule has 1 aromatic carbocycles. The highest BCUT2D eigenvalue weighted by molar-refractivity contribution is 7.18. The average molecular weight is 477 g/mol. The Kier molecular flexibility index (Phi) is 7.59. The van der Waals surface area contributed by atoms with Crippen molar-refractivity contribution < 1.29 is 9.53 Å². The van der Waals surface area contributed by atoms with Crippen LogP contribution in [0.15, 0.2) is 23.0 Å². The molecule has 1 N–H and O–H groups in total. The average Bonchev–Trinajstić information content (AvgIpc) is 3.05. The third-order valence-electron chi connectivity index (χ3n) is 5.75. The number of carbonyl (C=O) groups excluding carboxylic acids is 1. The number of carbonyl (C=O) groups is 1. The van der Waals surface area contributed by atoms with Crippen LogP contribution in [0.5, 0.6) is 5.75 Å². The molecular formula is C23H29ClN4O3S. The molecule has 0 saturated carbocycles. The molecule has 32 heavy (non-hydrogen) atoms. The molecule has 0 radical (unpaired) electrons. The van der Waals surface area contributed by atoms with Crippen LogP contribution in [0.4, 0.5) is 5.69 Å². The van der Waals surface area contributed by atoms with E-state index >= 15 is 0 Å². The van der Waals surface area contributed by atoms with Crippen LogP contribution in [0.3, 0.4) is 0 Å². The van der Waals surface area contributed by atoms with Crippen LogP contribution in [-0.4, -0.2) is 40.6 Å². The Morgan fingerprint density at radius 3 is 2.59 bits per heavy atom. The number of nitrogens with one attached hydrogen (secondary N) is 1. The Balaban J connectivity index is 2.05. The first-order chi connectivity index (χ1) is 15.2. The molecule has 0 aliphatic rings. The second kappa shape index (κ2) is 10.0. The standard InChI is InChI=1S/C23H29ClN4O3S/c1-7-27(8-2)12-19-26-22-20(13(3)15(5)32-22)23(30)28(19)14(4)21(29)25-16-9-10-18(31-6)17(24)11-16/h9-11,14H,7-8,12H2,1-6H3,(H,25,29). The lowest BCUT2D eigenvalue weighted by Gasteiger charge is -2.23. The summed E-state index contributed by atoms with van der Waals surface area (Å²) in [6, 6.07) is 4.26. The number of aromatic nitrogens is 2. The van der Waals surface area contributed by atoms with Gasteiger partial charge in [0.25, 0.3) is 5.56 Å². The highest BCUT2D eigenvalue weighted by Gasteiger charge is 2.25. The van der Waals surface area contributed by atoms with Gasteiger partial charge in [-0.1, -0.05) is 25.4 Å². The van der Waals surface area contributed by atoms with E-state index in [4.69, 9.17) is 21.3 Å². The second-order valence-electron chi connectivity index (χ2n) is 7.64. The molecule has 9 heteroatoms. The molecule has 3 rings (SSSR count). The quantitative estimate of drug-likeness (QED) is 0.506. The number of halogens is 1. The number of hydrogen-bond donors (Lipinski definition) is 1. The summed E-state index contributed by atoms with van der Waals surface area (Å²) in [6.45, 7) is 11.9. The fourth-order valence-corrected chi connectivity index (χ4v) is 4.91. The molecule has 2 aromatic heterocycles. The first-order valence-corrected chi connectivity index (χ1v) is 11.8. The Bertz CT molecular complexity index is 1200. The van der Waals surface area contributed by atoms with Crippen LogP contribution in [0.25, 0.3) is 10.2 Å². The summed E-state index contributed by atoms with van der Waals surface area (Å²) in [5, 5.41) is 3.84. The summed E-state index contributed by atoms with van der Waals surface area (Å²) in [4.78, 5) is 35.5. The van der Waals surface area contributed by atoms with E-state index in [0.717, 1.165) is 28.4 Å².